The van der Waals surface area contributed by atoms with Crippen LogP contribution in [0.25, 0.3) is 0 Å². The van der Waals surface area contributed by atoms with Gasteiger partial charge in [-0.2, -0.15) is 4.98 Å². The summed E-state index contributed by atoms with van der Waals surface area (Å²) in [5, 5.41) is 9.90. The summed E-state index contributed by atoms with van der Waals surface area (Å²) in [4.78, 5) is 18.8. The summed E-state index contributed by atoms with van der Waals surface area (Å²) in [6.07, 6.45) is 0.504. The SMILES string of the molecule is Cc1cc(C)cc(Cc2nc(O)c(C(C)C)c(=O)[nH]2)c1. The molecule has 0 saturated carbocycles. The Kier molecular flexibility index (Phi) is 3.93. The standard InChI is InChI=1S/C16H20N2O2/c1-9(2)14-15(19)17-13(18-16(14)20)8-12-6-10(3)5-11(4)7-12/h5-7,9H,8H2,1-4H3,(H2,17,18,19,20). The minimum Gasteiger partial charge on any atom is -0.493 e. The van der Waals surface area contributed by atoms with Crippen molar-refractivity contribution in [3.63, 3.8) is 0 Å². The molecule has 4 nitrogen and oxygen atoms in total. The van der Waals surface area contributed by atoms with E-state index in [2.05, 4.69) is 28.2 Å². The fourth-order valence-electron chi connectivity index (χ4n) is 2.48. The quantitative estimate of drug-likeness (QED) is 0.903. The van der Waals surface area contributed by atoms with Gasteiger partial charge in [0.1, 0.15) is 5.82 Å². The summed E-state index contributed by atoms with van der Waals surface area (Å²) in [6.45, 7) is 7.78. The summed E-state index contributed by atoms with van der Waals surface area (Å²) in [5.41, 5.74) is 3.50. The third-order valence-electron chi connectivity index (χ3n) is 3.21. The maximum absolute atomic E-state index is 12.0. The number of rotatable bonds is 3. The molecule has 0 fully saturated rings. The van der Waals surface area contributed by atoms with Gasteiger partial charge in [-0.05, 0) is 25.3 Å². The van der Waals surface area contributed by atoms with E-state index in [1.54, 1.807) is 0 Å². The van der Waals surface area contributed by atoms with E-state index in [0.29, 0.717) is 17.8 Å². The van der Waals surface area contributed by atoms with E-state index < -0.39 is 0 Å². The highest BCUT2D eigenvalue weighted by molar-refractivity contribution is 5.32. The third kappa shape index (κ3) is 3.07. The lowest BCUT2D eigenvalue weighted by atomic mass is 10.0. The molecule has 0 unspecified atom stereocenters. The highest BCUT2D eigenvalue weighted by atomic mass is 16.3. The smallest absolute Gasteiger partial charge is 0.258 e. The zero-order valence-electron chi connectivity index (χ0n) is 12.3. The van der Waals surface area contributed by atoms with E-state index in [0.717, 1.165) is 5.56 Å². The zero-order chi connectivity index (χ0) is 14.9. The molecule has 4 heteroatoms. The largest absolute Gasteiger partial charge is 0.493 e. The summed E-state index contributed by atoms with van der Waals surface area (Å²) >= 11 is 0. The first-order valence-corrected chi connectivity index (χ1v) is 6.76. The molecule has 0 aliphatic carbocycles. The van der Waals surface area contributed by atoms with E-state index >= 15 is 0 Å². The Hall–Kier alpha value is -2.10. The van der Waals surface area contributed by atoms with Crippen molar-refractivity contribution in [2.45, 2.75) is 40.0 Å². The van der Waals surface area contributed by atoms with Crippen molar-refractivity contribution in [1.29, 1.82) is 0 Å². The van der Waals surface area contributed by atoms with Gasteiger partial charge in [0.15, 0.2) is 0 Å². The van der Waals surface area contributed by atoms with Gasteiger partial charge < -0.3 is 10.1 Å². The molecular formula is C16H20N2O2. The number of aromatic hydroxyl groups is 1. The van der Waals surface area contributed by atoms with Crippen molar-refractivity contribution in [2.75, 3.05) is 0 Å². The number of aromatic amines is 1. The number of hydrogen-bond acceptors (Lipinski definition) is 3. The first-order valence-electron chi connectivity index (χ1n) is 6.76. The maximum atomic E-state index is 12.0. The average Bonchev–Trinajstić information content (AvgIpc) is 2.25. The van der Waals surface area contributed by atoms with Gasteiger partial charge >= 0.3 is 0 Å². The number of nitrogens with zero attached hydrogens (tertiary/aromatic N) is 1. The summed E-state index contributed by atoms with van der Waals surface area (Å²) < 4.78 is 0. The summed E-state index contributed by atoms with van der Waals surface area (Å²) in [7, 11) is 0. The van der Waals surface area contributed by atoms with Crippen LogP contribution in [0.1, 0.15) is 47.8 Å². The Labute approximate surface area is 118 Å². The van der Waals surface area contributed by atoms with E-state index in [9.17, 15) is 9.90 Å². The number of hydrogen-bond donors (Lipinski definition) is 2. The van der Waals surface area contributed by atoms with Gasteiger partial charge in [0.25, 0.3) is 5.56 Å². The molecule has 0 atom stereocenters. The first kappa shape index (κ1) is 14.3. The third-order valence-corrected chi connectivity index (χ3v) is 3.21. The van der Waals surface area contributed by atoms with Crippen LogP contribution in [0.15, 0.2) is 23.0 Å². The lowest BCUT2D eigenvalue weighted by Gasteiger charge is -2.09. The Bertz CT molecular complexity index is 667. The number of benzene rings is 1. The van der Waals surface area contributed by atoms with Gasteiger partial charge in [0, 0.05) is 6.42 Å². The fraction of sp³-hybridized carbons (Fsp3) is 0.375. The second-order valence-electron chi connectivity index (χ2n) is 5.58. The first-order chi connectivity index (χ1) is 9.36. The number of nitrogens with one attached hydrogen (secondary N) is 1. The molecule has 0 aliphatic rings. The van der Waals surface area contributed by atoms with Crippen LogP contribution in [0.5, 0.6) is 5.88 Å². The zero-order valence-corrected chi connectivity index (χ0v) is 12.3. The number of aryl methyl sites for hydroxylation is 2. The molecule has 0 amide bonds. The predicted molar refractivity (Wildman–Crippen MR) is 79.3 cm³/mol. The van der Waals surface area contributed by atoms with Gasteiger partial charge in [-0.25, -0.2) is 0 Å². The lowest BCUT2D eigenvalue weighted by molar-refractivity contribution is 0.436. The Morgan fingerprint density at radius 3 is 2.30 bits per heavy atom. The highest BCUT2D eigenvalue weighted by Crippen LogP contribution is 2.19. The van der Waals surface area contributed by atoms with Gasteiger partial charge in [0.2, 0.25) is 5.88 Å². The molecule has 20 heavy (non-hydrogen) atoms. The van der Waals surface area contributed by atoms with E-state index in [1.807, 2.05) is 27.7 Å². The molecule has 0 radical (unpaired) electrons. The van der Waals surface area contributed by atoms with E-state index in [-0.39, 0.29) is 17.4 Å². The molecular weight excluding hydrogens is 252 g/mol. The van der Waals surface area contributed by atoms with Crippen LogP contribution >= 0.6 is 0 Å². The Balaban J connectivity index is 2.37. The molecule has 0 saturated heterocycles. The van der Waals surface area contributed by atoms with E-state index in [1.165, 1.54) is 11.1 Å². The molecule has 1 heterocycles. The predicted octanol–water partition coefficient (Wildman–Crippen LogP) is 2.81. The van der Waals surface area contributed by atoms with Crippen molar-refractivity contribution >= 4 is 0 Å². The topological polar surface area (TPSA) is 66.0 Å². The molecule has 0 bridgehead atoms. The number of aromatic nitrogens is 2. The summed E-state index contributed by atoms with van der Waals surface area (Å²) in [6, 6.07) is 6.21. The molecule has 1 aromatic carbocycles. The fourth-order valence-corrected chi connectivity index (χ4v) is 2.48. The van der Waals surface area contributed by atoms with Crippen molar-refractivity contribution in [3.8, 4) is 5.88 Å². The van der Waals surface area contributed by atoms with Crippen molar-refractivity contribution in [3.05, 3.63) is 56.6 Å². The van der Waals surface area contributed by atoms with Crippen molar-refractivity contribution < 1.29 is 5.11 Å². The number of H-pyrrole nitrogens is 1. The van der Waals surface area contributed by atoms with Crippen LogP contribution in [-0.4, -0.2) is 15.1 Å². The van der Waals surface area contributed by atoms with Gasteiger partial charge in [-0.15, -0.1) is 0 Å². The van der Waals surface area contributed by atoms with Gasteiger partial charge in [0.05, 0.1) is 5.56 Å². The Morgan fingerprint density at radius 2 is 1.80 bits per heavy atom. The second-order valence-corrected chi connectivity index (χ2v) is 5.58. The monoisotopic (exact) mass is 272 g/mol. The van der Waals surface area contributed by atoms with E-state index in [4.69, 9.17) is 0 Å². The van der Waals surface area contributed by atoms with Crippen molar-refractivity contribution in [2.24, 2.45) is 0 Å². The average molecular weight is 272 g/mol. The second kappa shape index (κ2) is 5.49. The van der Waals surface area contributed by atoms with Crippen LogP contribution in [0.4, 0.5) is 0 Å². The summed E-state index contributed by atoms with van der Waals surface area (Å²) in [5.74, 6) is 0.270. The van der Waals surface area contributed by atoms with Crippen LogP contribution in [0.2, 0.25) is 0 Å². The molecule has 106 valence electrons. The highest BCUT2D eigenvalue weighted by Gasteiger charge is 2.14. The van der Waals surface area contributed by atoms with Gasteiger partial charge in [-0.1, -0.05) is 43.2 Å². The molecule has 2 rings (SSSR count). The minimum atomic E-state index is -0.258. The Morgan fingerprint density at radius 1 is 1.20 bits per heavy atom. The maximum Gasteiger partial charge on any atom is 0.258 e. The lowest BCUT2D eigenvalue weighted by Crippen LogP contribution is -2.18. The van der Waals surface area contributed by atoms with Crippen LogP contribution < -0.4 is 5.56 Å². The molecule has 2 aromatic rings. The van der Waals surface area contributed by atoms with Crippen LogP contribution in [-0.2, 0) is 6.42 Å². The molecule has 2 N–H and O–H groups in total. The normalized spacial score (nSPS) is 11.1. The molecule has 0 aliphatic heterocycles. The van der Waals surface area contributed by atoms with Crippen molar-refractivity contribution in [1.82, 2.24) is 9.97 Å². The molecule has 1 aromatic heterocycles. The van der Waals surface area contributed by atoms with Crippen LogP contribution in [0, 0.1) is 13.8 Å². The minimum absolute atomic E-state index is 0.0542. The van der Waals surface area contributed by atoms with Gasteiger partial charge in [-0.3, -0.25) is 4.79 Å². The molecule has 0 spiro atoms. The van der Waals surface area contributed by atoms with Crippen LogP contribution in [0.3, 0.4) is 0 Å².